The fourth-order valence-electron chi connectivity index (χ4n) is 5.42. The van der Waals surface area contributed by atoms with E-state index in [0.717, 1.165) is 44.0 Å². The van der Waals surface area contributed by atoms with Gasteiger partial charge >= 0.3 is 0 Å². The van der Waals surface area contributed by atoms with Crippen LogP contribution in [0.1, 0.15) is 50.5 Å². The fraction of sp³-hybridized carbons (Fsp3) is 0.609. The minimum Gasteiger partial charge on any atom is -0.487 e. The van der Waals surface area contributed by atoms with Crippen molar-refractivity contribution in [3.8, 4) is 5.75 Å². The van der Waals surface area contributed by atoms with Crippen LogP contribution in [0.4, 0.5) is 0 Å². The van der Waals surface area contributed by atoms with Crippen molar-refractivity contribution in [2.24, 2.45) is 18.4 Å². The number of rotatable bonds is 2. The number of likely N-dealkylation sites (tertiary alicyclic amines) is 1. The summed E-state index contributed by atoms with van der Waals surface area (Å²) in [4.78, 5) is 6.80. The standard InChI is InChI=1S/C23H30ClN3O2/c1-22(2)19-11-23(6-8-27(9-7-23)13-17-12-25-15-26(17)3)14-28-21(19)18-5-4-16(24)10-20(18)29-22/h4-5,10,12,15,19,21H,6-9,11,13-14H2,1-3H3/t19-,21+/m1/s1. The molecule has 3 aliphatic heterocycles. The number of nitrogens with zero attached hydrogens (tertiary/aromatic N) is 3. The van der Waals surface area contributed by atoms with Gasteiger partial charge in [0.25, 0.3) is 0 Å². The highest BCUT2D eigenvalue weighted by Gasteiger charge is 2.52. The number of fused-ring (bicyclic) bond motifs is 3. The van der Waals surface area contributed by atoms with Gasteiger partial charge in [-0.15, -0.1) is 0 Å². The van der Waals surface area contributed by atoms with E-state index in [4.69, 9.17) is 21.1 Å². The second-order valence-corrected chi connectivity index (χ2v) is 10.1. The number of hydrogen-bond acceptors (Lipinski definition) is 4. The van der Waals surface area contributed by atoms with Gasteiger partial charge in [0.15, 0.2) is 0 Å². The average molecular weight is 416 g/mol. The maximum absolute atomic E-state index is 6.58. The van der Waals surface area contributed by atoms with E-state index in [-0.39, 0.29) is 17.1 Å². The monoisotopic (exact) mass is 415 g/mol. The smallest absolute Gasteiger partial charge is 0.127 e. The minimum atomic E-state index is -0.262. The largest absolute Gasteiger partial charge is 0.487 e. The Morgan fingerprint density at radius 1 is 1.24 bits per heavy atom. The molecule has 5 nitrogen and oxygen atoms in total. The molecule has 2 aromatic rings. The molecule has 0 unspecified atom stereocenters. The molecule has 2 fully saturated rings. The Morgan fingerprint density at radius 2 is 2.03 bits per heavy atom. The summed E-state index contributed by atoms with van der Waals surface area (Å²) in [7, 11) is 2.07. The van der Waals surface area contributed by atoms with Gasteiger partial charge in [-0.3, -0.25) is 4.90 Å². The lowest BCUT2D eigenvalue weighted by Gasteiger charge is -2.54. The van der Waals surface area contributed by atoms with Crippen LogP contribution in [0.15, 0.2) is 30.7 Å². The summed E-state index contributed by atoms with van der Waals surface area (Å²) in [6.45, 7) is 8.44. The number of aromatic nitrogens is 2. The normalized spacial score (nSPS) is 27.9. The molecule has 1 aromatic carbocycles. The molecule has 1 spiro atoms. The van der Waals surface area contributed by atoms with Crippen LogP contribution in [0.3, 0.4) is 0 Å². The second-order valence-electron chi connectivity index (χ2n) is 9.70. The molecule has 0 amide bonds. The van der Waals surface area contributed by atoms with Crippen molar-refractivity contribution >= 4 is 11.6 Å². The molecule has 2 atom stereocenters. The van der Waals surface area contributed by atoms with Gasteiger partial charge < -0.3 is 14.0 Å². The van der Waals surface area contributed by atoms with Crippen LogP contribution in [0.25, 0.3) is 0 Å². The Morgan fingerprint density at radius 3 is 2.76 bits per heavy atom. The summed E-state index contributed by atoms with van der Waals surface area (Å²) in [5.74, 6) is 1.24. The molecule has 0 N–H and O–H groups in total. The van der Waals surface area contributed by atoms with E-state index in [1.807, 2.05) is 24.7 Å². The number of ether oxygens (including phenoxy) is 2. The third kappa shape index (κ3) is 3.47. The summed E-state index contributed by atoms with van der Waals surface area (Å²) in [6, 6.07) is 5.96. The number of aryl methyl sites for hydroxylation is 1. The zero-order valence-corrected chi connectivity index (χ0v) is 18.3. The molecule has 29 heavy (non-hydrogen) atoms. The Labute approximate surface area is 178 Å². The van der Waals surface area contributed by atoms with Crippen LogP contribution in [0.2, 0.25) is 5.02 Å². The first kappa shape index (κ1) is 19.4. The Bertz CT molecular complexity index is 901. The molecule has 6 heteroatoms. The summed E-state index contributed by atoms with van der Waals surface area (Å²) < 4.78 is 15.1. The van der Waals surface area contributed by atoms with Gasteiger partial charge in [0.1, 0.15) is 11.4 Å². The highest BCUT2D eigenvalue weighted by atomic mass is 35.5. The fourth-order valence-corrected chi connectivity index (χ4v) is 5.58. The van der Waals surface area contributed by atoms with Crippen molar-refractivity contribution in [3.63, 3.8) is 0 Å². The van der Waals surface area contributed by atoms with Crippen LogP contribution in [-0.4, -0.2) is 39.7 Å². The maximum atomic E-state index is 6.58. The van der Waals surface area contributed by atoms with Crippen molar-refractivity contribution < 1.29 is 9.47 Å². The third-order valence-electron chi connectivity index (χ3n) is 7.35. The molecular weight excluding hydrogens is 386 g/mol. The van der Waals surface area contributed by atoms with E-state index >= 15 is 0 Å². The lowest BCUT2D eigenvalue weighted by atomic mass is 9.64. The van der Waals surface area contributed by atoms with Gasteiger partial charge in [0.2, 0.25) is 0 Å². The molecule has 156 valence electrons. The van der Waals surface area contributed by atoms with E-state index < -0.39 is 0 Å². The molecule has 0 bridgehead atoms. The minimum absolute atomic E-state index is 0.101. The van der Waals surface area contributed by atoms with Crippen LogP contribution >= 0.6 is 11.6 Å². The van der Waals surface area contributed by atoms with Crippen LogP contribution in [0.5, 0.6) is 5.75 Å². The zero-order chi connectivity index (χ0) is 20.2. The molecule has 3 aliphatic rings. The average Bonchev–Trinajstić information content (AvgIpc) is 3.08. The number of halogens is 1. The van der Waals surface area contributed by atoms with Crippen molar-refractivity contribution in [1.29, 1.82) is 0 Å². The number of benzene rings is 1. The first-order valence-electron chi connectivity index (χ1n) is 10.6. The topological polar surface area (TPSA) is 39.5 Å². The summed E-state index contributed by atoms with van der Waals surface area (Å²) >= 11 is 6.20. The second kappa shape index (κ2) is 7.00. The van der Waals surface area contributed by atoms with Crippen LogP contribution in [0, 0.1) is 11.3 Å². The zero-order valence-electron chi connectivity index (χ0n) is 17.5. The lowest BCUT2D eigenvalue weighted by Crippen LogP contribution is -2.54. The predicted molar refractivity (Wildman–Crippen MR) is 113 cm³/mol. The highest BCUT2D eigenvalue weighted by Crippen LogP contribution is 2.55. The summed E-state index contributed by atoms with van der Waals surface area (Å²) in [6.07, 6.45) is 7.47. The predicted octanol–water partition coefficient (Wildman–Crippen LogP) is 4.60. The Balaban J connectivity index is 1.31. The first-order valence-corrected chi connectivity index (χ1v) is 11.0. The van der Waals surface area contributed by atoms with Crippen molar-refractivity contribution in [3.05, 3.63) is 47.0 Å². The molecule has 1 aromatic heterocycles. The highest BCUT2D eigenvalue weighted by molar-refractivity contribution is 6.30. The lowest BCUT2D eigenvalue weighted by molar-refractivity contribution is -0.174. The van der Waals surface area contributed by atoms with Crippen LogP contribution < -0.4 is 4.74 Å². The summed E-state index contributed by atoms with van der Waals surface area (Å²) in [5.41, 5.74) is 2.43. The molecule has 4 heterocycles. The molecule has 0 aliphatic carbocycles. The van der Waals surface area contributed by atoms with Crippen molar-refractivity contribution in [2.75, 3.05) is 19.7 Å². The number of hydrogen-bond donors (Lipinski definition) is 0. The van der Waals surface area contributed by atoms with Gasteiger partial charge in [-0.25, -0.2) is 4.98 Å². The van der Waals surface area contributed by atoms with Crippen molar-refractivity contribution in [2.45, 2.75) is 51.4 Å². The van der Waals surface area contributed by atoms with Gasteiger partial charge in [-0.05, 0) is 63.7 Å². The maximum Gasteiger partial charge on any atom is 0.127 e. The van der Waals surface area contributed by atoms with E-state index in [1.165, 1.54) is 18.5 Å². The number of imidazole rings is 1. The van der Waals surface area contributed by atoms with Gasteiger partial charge in [0.05, 0.1) is 24.7 Å². The van der Waals surface area contributed by atoms with Gasteiger partial charge in [-0.2, -0.15) is 0 Å². The molecule has 2 saturated heterocycles. The van der Waals surface area contributed by atoms with Crippen molar-refractivity contribution in [1.82, 2.24) is 14.5 Å². The Kier molecular flexibility index (Phi) is 4.68. The summed E-state index contributed by atoms with van der Waals surface area (Å²) in [5, 5.41) is 0.714. The number of piperidine rings is 1. The van der Waals surface area contributed by atoms with E-state index in [2.05, 4.69) is 41.4 Å². The molecule has 0 saturated carbocycles. The SMILES string of the molecule is Cn1cncc1CN1CCC2(CC1)CO[C@H]1c3ccc(Cl)cc3OC(C)(C)[C@@H]1C2. The van der Waals surface area contributed by atoms with Gasteiger partial charge in [-0.1, -0.05) is 17.7 Å². The van der Waals surface area contributed by atoms with E-state index in [9.17, 15) is 0 Å². The van der Waals surface area contributed by atoms with E-state index in [1.54, 1.807) is 0 Å². The molecule has 5 rings (SSSR count). The molecular formula is C23H30ClN3O2. The van der Waals surface area contributed by atoms with E-state index in [0.29, 0.717) is 10.9 Å². The third-order valence-corrected chi connectivity index (χ3v) is 7.59. The van der Waals surface area contributed by atoms with Crippen LogP contribution in [-0.2, 0) is 18.3 Å². The first-order chi connectivity index (χ1) is 13.9. The molecule has 0 radical (unpaired) electrons. The van der Waals surface area contributed by atoms with Gasteiger partial charge in [0, 0.05) is 36.3 Å². The quantitative estimate of drug-likeness (QED) is 0.718. The Hall–Kier alpha value is -1.56.